The van der Waals surface area contributed by atoms with Crippen LogP contribution in [0.25, 0.3) is 5.76 Å². The summed E-state index contributed by atoms with van der Waals surface area (Å²) in [5.41, 5.74) is 3.06. The predicted octanol–water partition coefficient (Wildman–Crippen LogP) is 4.72. The molecule has 1 aromatic heterocycles. The van der Waals surface area contributed by atoms with Crippen molar-refractivity contribution in [2.45, 2.75) is 19.9 Å². The Morgan fingerprint density at radius 3 is 2.48 bits per heavy atom. The van der Waals surface area contributed by atoms with Gasteiger partial charge in [-0.25, -0.2) is 0 Å². The minimum Gasteiger partial charge on any atom is -0.507 e. The Balaban J connectivity index is 1.70. The van der Waals surface area contributed by atoms with Gasteiger partial charge in [-0.15, -0.1) is 11.3 Å². The van der Waals surface area contributed by atoms with Gasteiger partial charge in [0.05, 0.1) is 5.57 Å². The minimum absolute atomic E-state index is 0.0648. The summed E-state index contributed by atoms with van der Waals surface area (Å²) < 4.78 is 10.7. The normalized spacial score (nSPS) is 19.3. The van der Waals surface area contributed by atoms with Gasteiger partial charge in [-0.05, 0) is 61.2 Å². The Hall–Kier alpha value is -3.58. The van der Waals surface area contributed by atoms with E-state index in [1.807, 2.05) is 49.6 Å². The number of aliphatic hydroxyl groups is 1. The first-order valence-corrected chi connectivity index (χ1v) is 10.7. The van der Waals surface area contributed by atoms with Crippen molar-refractivity contribution in [3.05, 3.63) is 81.1 Å². The number of amides is 1. The SMILES string of the molecule is Cc1ccc(N2C(=O)C(=O)/C(=C(\O)c3ccc4c(c3)OCO4)C2c2sccc2C)cc1. The second-order valence-corrected chi connectivity index (χ2v) is 8.49. The highest BCUT2D eigenvalue weighted by atomic mass is 32.1. The van der Waals surface area contributed by atoms with Crippen molar-refractivity contribution in [1.29, 1.82) is 0 Å². The standard InChI is InChI=1S/C24H19NO5S/c1-13-3-6-16(7-4-13)25-20(23-14(2)9-10-31-23)19(22(27)24(25)28)21(26)15-5-8-17-18(11-15)30-12-29-17/h3-11,20,26H,12H2,1-2H3/b21-19-. The van der Waals surface area contributed by atoms with Gasteiger partial charge in [0, 0.05) is 16.1 Å². The average Bonchev–Trinajstić information content (AvgIpc) is 3.46. The summed E-state index contributed by atoms with van der Waals surface area (Å²) in [6, 6.07) is 13.6. The monoisotopic (exact) mass is 433 g/mol. The molecule has 1 fully saturated rings. The van der Waals surface area contributed by atoms with Gasteiger partial charge in [-0.2, -0.15) is 0 Å². The van der Waals surface area contributed by atoms with Gasteiger partial charge in [-0.3, -0.25) is 14.5 Å². The van der Waals surface area contributed by atoms with Crippen LogP contribution in [-0.4, -0.2) is 23.6 Å². The molecule has 156 valence electrons. The van der Waals surface area contributed by atoms with Crippen LogP contribution in [-0.2, 0) is 9.59 Å². The quantitative estimate of drug-likeness (QED) is 0.367. The highest BCUT2D eigenvalue weighted by Gasteiger charge is 2.48. The van der Waals surface area contributed by atoms with E-state index in [2.05, 4.69) is 0 Å². The largest absolute Gasteiger partial charge is 0.507 e. The molecule has 2 aliphatic rings. The number of hydrogen-bond acceptors (Lipinski definition) is 6. The number of rotatable bonds is 3. The third-order valence-electron chi connectivity index (χ3n) is 5.55. The minimum atomic E-state index is -0.715. The van der Waals surface area contributed by atoms with E-state index in [0.29, 0.717) is 22.7 Å². The lowest BCUT2D eigenvalue weighted by molar-refractivity contribution is -0.132. The van der Waals surface area contributed by atoms with Crippen LogP contribution in [0.15, 0.2) is 59.5 Å². The first-order valence-electron chi connectivity index (χ1n) is 9.77. The lowest BCUT2D eigenvalue weighted by Crippen LogP contribution is -2.29. The number of aryl methyl sites for hydroxylation is 2. The van der Waals surface area contributed by atoms with Gasteiger partial charge in [0.25, 0.3) is 11.7 Å². The number of fused-ring (bicyclic) bond motifs is 1. The molecule has 2 aromatic carbocycles. The van der Waals surface area contributed by atoms with Crippen LogP contribution in [0, 0.1) is 13.8 Å². The zero-order chi connectivity index (χ0) is 21.7. The molecule has 5 rings (SSSR count). The van der Waals surface area contributed by atoms with Crippen molar-refractivity contribution in [3.63, 3.8) is 0 Å². The predicted molar refractivity (Wildman–Crippen MR) is 118 cm³/mol. The van der Waals surface area contributed by atoms with Crippen LogP contribution in [0.4, 0.5) is 5.69 Å². The van der Waals surface area contributed by atoms with Crippen LogP contribution < -0.4 is 14.4 Å². The topological polar surface area (TPSA) is 76.1 Å². The summed E-state index contributed by atoms with van der Waals surface area (Å²) in [4.78, 5) is 28.6. The number of thiophene rings is 1. The fourth-order valence-corrected chi connectivity index (χ4v) is 4.94. The highest BCUT2D eigenvalue weighted by Crippen LogP contribution is 2.45. The zero-order valence-electron chi connectivity index (χ0n) is 16.9. The molecule has 0 bridgehead atoms. The summed E-state index contributed by atoms with van der Waals surface area (Å²) in [5, 5.41) is 13.1. The van der Waals surface area contributed by atoms with E-state index in [1.54, 1.807) is 18.2 Å². The average molecular weight is 433 g/mol. The summed E-state index contributed by atoms with van der Waals surface area (Å²) in [5.74, 6) is -0.551. The van der Waals surface area contributed by atoms with Gasteiger partial charge in [0.2, 0.25) is 6.79 Å². The molecule has 1 N–H and O–H groups in total. The summed E-state index contributed by atoms with van der Waals surface area (Å²) in [7, 11) is 0. The van der Waals surface area contributed by atoms with Crippen molar-refractivity contribution < 1.29 is 24.2 Å². The van der Waals surface area contributed by atoms with Gasteiger partial charge in [0.15, 0.2) is 11.5 Å². The molecule has 0 radical (unpaired) electrons. The number of hydrogen-bond donors (Lipinski definition) is 1. The number of ether oxygens (including phenoxy) is 2. The smallest absolute Gasteiger partial charge is 0.300 e. The van der Waals surface area contributed by atoms with Gasteiger partial charge in [-0.1, -0.05) is 17.7 Å². The Morgan fingerprint density at radius 2 is 1.77 bits per heavy atom. The van der Waals surface area contributed by atoms with E-state index >= 15 is 0 Å². The number of carbonyl (C=O) groups is 2. The van der Waals surface area contributed by atoms with Crippen molar-refractivity contribution in [2.24, 2.45) is 0 Å². The molecule has 0 saturated carbocycles. The Kier molecular flexibility index (Phi) is 4.55. The number of nitrogens with zero attached hydrogens (tertiary/aromatic N) is 1. The maximum absolute atomic E-state index is 13.2. The summed E-state index contributed by atoms with van der Waals surface area (Å²) in [6.07, 6.45) is 0. The molecular formula is C24H19NO5S. The Labute approximate surface area is 183 Å². The van der Waals surface area contributed by atoms with E-state index < -0.39 is 17.7 Å². The molecule has 1 unspecified atom stereocenters. The first-order chi connectivity index (χ1) is 15.0. The number of benzene rings is 2. The van der Waals surface area contributed by atoms with Crippen molar-refractivity contribution in [2.75, 3.05) is 11.7 Å². The molecule has 31 heavy (non-hydrogen) atoms. The summed E-state index contributed by atoms with van der Waals surface area (Å²) in [6.45, 7) is 3.99. The second kappa shape index (κ2) is 7.28. The molecule has 1 amide bonds. The molecule has 2 aliphatic heterocycles. The van der Waals surface area contributed by atoms with E-state index in [9.17, 15) is 14.7 Å². The number of Topliss-reactive ketones (excluding diaryl/α,β-unsaturated/α-hetero) is 1. The highest BCUT2D eigenvalue weighted by molar-refractivity contribution is 7.10. The lowest BCUT2D eigenvalue weighted by Gasteiger charge is -2.25. The van der Waals surface area contributed by atoms with E-state index in [1.165, 1.54) is 16.2 Å². The molecule has 3 heterocycles. The van der Waals surface area contributed by atoms with Crippen LogP contribution in [0.2, 0.25) is 0 Å². The molecule has 6 nitrogen and oxygen atoms in total. The molecule has 7 heteroatoms. The third-order valence-corrected chi connectivity index (χ3v) is 6.62. The van der Waals surface area contributed by atoms with Crippen LogP contribution >= 0.6 is 11.3 Å². The first kappa shape index (κ1) is 19.4. The number of ketones is 1. The fraction of sp³-hybridized carbons (Fsp3) is 0.167. The van der Waals surface area contributed by atoms with Crippen molar-refractivity contribution in [3.8, 4) is 11.5 Å². The van der Waals surface area contributed by atoms with E-state index in [-0.39, 0.29) is 18.1 Å². The van der Waals surface area contributed by atoms with Crippen LogP contribution in [0.5, 0.6) is 11.5 Å². The fourth-order valence-electron chi connectivity index (χ4n) is 3.92. The maximum atomic E-state index is 13.2. The molecule has 1 atom stereocenters. The van der Waals surface area contributed by atoms with Gasteiger partial charge in [0.1, 0.15) is 11.8 Å². The Morgan fingerprint density at radius 1 is 1.03 bits per heavy atom. The molecular weight excluding hydrogens is 414 g/mol. The van der Waals surface area contributed by atoms with Crippen LogP contribution in [0.1, 0.15) is 27.6 Å². The summed E-state index contributed by atoms with van der Waals surface area (Å²) >= 11 is 1.45. The maximum Gasteiger partial charge on any atom is 0.300 e. The molecule has 0 aliphatic carbocycles. The molecule has 1 saturated heterocycles. The molecule has 3 aromatic rings. The number of anilines is 1. The second-order valence-electron chi connectivity index (χ2n) is 7.54. The van der Waals surface area contributed by atoms with Crippen LogP contribution in [0.3, 0.4) is 0 Å². The number of carbonyl (C=O) groups excluding carboxylic acids is 2. The van der Waals surface area contributed by atoms with Gasteiger partial charge < -0.3 is 14.6 Å². The Bertz CT molecular complexity index is 1240. The number of aliphatic hydroxyl groups excluding tert-OH is 1. The van der Waals surface area contributed by atoms with Gasteiger partial charge >= 0.3 is 0 Å². The zero-order valence-corrected chi connectivity index (χ0v) is 17.7. The van der Waals surface area contributed by atoms with Crippen molar-refractivity contribution >= 4 is 34.5 Å². The van der Waals surface area contributed by atoms with E-state index in [4.69, 9.17) is 9.47 Å². The van der Waals surface area contributed by atoms with E-state index in [0.717, 1.165) is 16.0 Å². The molecule has 0 spiro atoms. The van der Waals surface area contributed by atoms with Crippen molar-refractivity contribution in [1.82, 2.24) is 0 Å². The third kappa shape index (κ3) is 3.09. The lowest BCUT2D eigenvalue weighted by atomic mass is 9.98.